The number of nitrogens with one attached hydrogen (secondary N) is 2. The molecule has 4 amide bonds. The van der Waals surface area contributed by atoms with Crippen LogP contribution in [-0.2, 0) is 16.9 Å². The van der Waals surface area contributed by atoms with Crippen LogP contribution >= 0.6 is 11.3 Å². The van der Waals surface area contributed by atoms with Gasteiger partial charge in [0, 0.05) is 5.39 Å². The van der Waals surface area contributed by atoms with Crippen LogP contribution in [0.1, 0.15) is 39.8 Å². The van der Waals surface area contributed by atoms with Gasteiger partial charge in [-0.25, -0.2) is 9.18 Å². The van der Waals surface area contributed by atoms with Gasteiger partial charge in [-0.15, -0.1) is 11.3 Å². The molecule has 0 spiro atoms. The number of hydrazine groups is 1. The van der Waals surface area contributed by atoms with Crippen LogP contribution in [0.3, 0.4) is 0 Å². The van der Waals surface area contributed by atoms with Gasteiger partial charge in [0.1, 0.15) is 16.2 Å². The van der Waals surface area contributed by atoms with E-state index < -0.39 is 23.4 Å². The van der Waals surface area contributed by atoms with Crippen molar-refractivity contribution in [1.82, 2.24) is 25.5 Å². The summed E-state index contributed by atoms with van der Waals surface area (Å²) in [6.45, 7) is 4.05. The number of benzene rings is 2. The second-order valence-corrected chi connectivity index (χ2v) is 9.37. The van der Waals surface area contributed by atoms with Crippen molar-refractivity contribution in [3.63, 3.8) is 0 Å². The van der Waals surface area contributed by atoms with E-state index in [0.717, 1.165) is 26.5 Å². The number of thiophene rings is 1. The summed E-state index contributed by atoms with van der Waals surface area (Å²) in [4.78, 5) is 40.2. The zero-order valence-electron chi connectivity index (χ0n) is 19.0. The number of aromatic nitrogens is 2. The number of hydrogen-bond donors (Lipinski definition) is 2. The Balaban J connectivity index is 1.39. The van der Waals surface area contributed by atoms with Crippen molar-refractivity contribution in [2.24, 2.45) is 0 Å². The number of halogens is 1. The van der Waals surface area contributed by atoms with Gasteiger partial charge in [-0.1, -0.05) is 49.4 Å². The number of rotatable bonds is 6. The zero-order valence-corrected chi connectivity index (χ0v) is 19.9. The third-order valence-electron chi connectivity index (χ3n) is 6.18. The van der Waals surface area contributed by atoms with Crippen LogP contribution in [0.4, 0.5) is 9.18 Å². The highest BCUT2D eigenvalue weighted by Crippen LogP contribution is 2.32. The fourth-order valence-electron chi connectivity index (χ4n) is 4.29. The number of carbonyl (C=O) groups is 3. The normalized spacial score (nSPS) is 17.7. The molecular formula is C25H22FN5O3S. The molecule has 1 saturated heterocycles. The van der Waals surface area contributed by atoms with Gasteiger partial charge in [0.2, 0.25) is 0 Å². The SMILES string of the molecule is CC[C@@]1(c2ccccc2)NC(=O)N(NC(=O)c2cc3c(C)nn(Cc4ccc(F)cc4)c3s2)C1=O. The van der Waals surface area contributed by atoms with Gasteiger partial charge in [-0.3, -0.25) is 19.7 Å². The maximum absolute atomic E-state index is 13.3. The van der Waals surface area contributed by atoms with Crippen LogP contribution in [0.15, 0.2) is 60.7 Å². The first-order valence-corrected chi connectivity index (χ1v) is 11.9. The zero-order chi connectivity index (χ0) is 24.7. The number of fused-ring (bicyclic) bond motifs is 1. The molecular weight excluding hydrogens is 469 g/mol. The molecule has 2 aromatic carbocycles. The smallest absolute Gasteiger partial charge is 0.318 e. The topological polar surface area (TPSA) is 96.3 Å². The number of carbonyl (C=O) groups excluding carboxylic acids is 3. The van der Waals surface area contributed by atoms with E-state index in [9.17, 15) is 18.8 Å². The fourth-order valence-corrected chi connectivity index (χ4v) is 5.34. The van der Waals surface area contributed by atoms with Crippen molar-refractivity contribution >= 4 is 39.4 Å². The lowest BCUT2D eigenvalue weighted by Crippen LogP contribution is -2.48. The monoisotopic (exact) mass is 491 g/mol. The summed E-state index contributed by atoms with van der Waals surface area (Å²) in [6.07, 6.45) is 0.329. The molecule has 0 unspecified atom stereocenters. The highest BCUT2D eigenvalue weighted by molar-refractivity contribution is 7.20. The van der Waals surface area contributed by atoms with Gasteiger partial charge in [-0.05, 0) is 42.7 Å². The Morgan fingerprint density at radius 1 is 1.14 bits per heavy atom. The summed E-state index contributed by atoms with van der Waals surface area (Å²) in [5.74, 6) is -1.42. The lowest BCUT2D eigenvalue weighted by Gasteiger charge is -2.25. The molecule has 2 N–H and O–H groups in total. The Kier molecular flexibility index (Phi) is 5.60. The van der Waals surface area contributed by atoms with E-state index in [1.165, 1.54) is 23.5 Å². The summed E-state index contributed by atoms with van der Waals surface area (Å²) >= 11 is 1.21. The average molecular weight is 492 g/mol. The molecule has 1 fully saturated rings. The summed E-state index contributed by atoms with van der Waals surface area (Å²) in [6, 6.07) is 16.1. The van der Waals surface area contributed by atoms with Crippen molar-refractivity contribution in [1.29, 1.82) is 0 Å². The second kappa shape index (κ2) is 8.62. The molecule has 1 aliphatic heterocycles. The van der Waals surface area contributed by atoms with Crippen molar-refractivity contribution in [2.75, 3.05) is 0 Å². The van der Waals surface area contributed by atoms with Crippen LogP contribution < -0.4 is 10.7 Å². The maximum atomic E-state index is 13.3. The number of hydrogen-bond acceptors (Lipinski definition) is 5. The molecule has 1 atom stereocenters. The quantitative estimate of drug-likeness (QED) is 0.397. The number of urea groups is 1. The van der Waals surface area contributed by atoms with E-state index in [0.29, 0.717) is 23.4 Å². The Bertz CT molecular complexity index is 1450. The molecule has 10 heteroatoms. The average Bonchev–Trinajstić information content (AvgIpc) is 3.50. The van der Waals surface area contributed by atoms with E-state index in [4.69, 9.17) is 0 Å². The first-order chi connectivity index (χ1) is 16.8. The van der Waals surface area contributed by atoms with Crippen molar-refractivity contribution in [3.05, 3.63) is 88.2 Å². The minimum Gasteiger partial charge on any atom is -0.318 e. The van der Waals surface area contributed by atoms with Crippen LogP contribution in [0, 0.1) is 12.7 Å². The summed E-state index contributed by atoms with van der Waals surface area (Å²) in [7, 11) is 0. The lowest BCUT2D eigenvalue weighted by molar-refractivity contribution is -0.133. The number of imide groups is 1. The minimum absolute atomic E-state index is 0.314. The van der Waals surface area contributed by atoms with Crippen LogP contribution in [-0.4, -0.2) is 32.6 Å². The molecule has 178 valence electrons. The molecule has 0 radical (unpaired) electrons. The third kappa shape index (κ3) is 3.85. The highest BCUT2D eigenvalue weighted by atomic mass is 32.1. The van der Waals surface area contributed by atoms with Crippen molar-refractivity contribution in [2.45, 2.75) is 32.4 Å². The first-order valence-electron chi connectivity index (χ1n) is 11.1. The summed E-state index contributed by atoms with van der Waals surface area (Å²) in [5, 5.41) is 8.83. The van der Waals surface area contributed by atoms with E-state index in [2.05, 4.69) is 15.8 Å². The Morgan fingerprint density at radius 2 is 1.86 bits per heavy atom. The molecule has 3 heterocycles. The van der Waals surface area contributed by atoms with Gasteiger partial charge < -0.3 is 5.32 Å². The summed E-state index contributed by atoms with van der Waals surface area (Å²) in [5.41, 5.74) is 3.49. The Morgan fingerprint density at radius 3 is 2.54 bits per heavy atom. The standard InChI is InChI=1S/C25H22FN5O3S/c1-3-25(17-7-5-4-6-8-17)23(33)31(24(34)27-25)29-21(32)20-13-19-15(2)28-30(22(19)35-20)14-16-9-11-18(26)12-10-16/h4-13H,3,14H2,1-2H3,(H,27,34)(H,29,32)/t25-/m0/s1. The first kappa shape index (κ1) is 22.7. The van der Waals surface area contributed by atoms with Gasteiger partial charge in [0.25, 0.3) is 11.8 Å². The van der Waals surface area contributed by atoms with E-state index in [-0.39, 0.29) is 5.82 Å². The molecule has 0 bridgehead atoms. The molecule has 4 aromatic rings. The van der Waals surface area contributed by atoms with Crippen LogP contribution in [0.5, 0.6) is 0 Å². The summed E-state index contributed by atoms with van der Waals surface area (Å²) < 4.78 is 15.0. The molecule has 1 aliphatic rings. The van der Waals surface area contributed by atoms with Crippen LogP contribution in [0.25, 0.3) is 10.2 Å². The predicted molar refractivity (Wildman–Crippen MR) is 129 cm³/mol. The highest BCUT2D eigenvalue weighted by Gasteiger charge is 2.52. The fraction of sp³-hybridized carbons (Fsp3) is 0.200. The van der Waals surface area contributed by atoms with E-state index in [1.807, 2.05) is 13.0 Å². The molecule has 0 saturated carbocycles. The molecule has 5 rings (SSSR count). The minimum atomic E-state index is -1.24. The predicted octanol–water partition coefficient (Wildman–Crippen LogP) is 4.10. The van der Waals surface area contributed by atoms with Crippen molar-refractivity contribution in [3.8, 4) is 0 Å². The number of aryl methyl sites for hydroxylation is 1. The molecule has 8 nitrogen and oxygen atoms in total. The number of amides is 4. The van der Waals surface area contributed by atoms with E-state index >= 15 is 0 Å². The van der Waals surface area contributed by atoms with Gasteiger partial charge >= 0.3 is 6.03 Å². The molecule has 35 heavy (non-hydrogen) atoms. The van der Waals surface area contributed by atoms with E-state index in [1.54, 1.807) is 54.1 Å². The lowest BCUT2D eigenvalue weighted by atomic mass is 9.87. The Hall–Kier alpha value is -4.05. The molecule has 2 aromatic heterocycles. The molecule has 0 aliphatic carbocycles. The van der Waals surface area contributed by atoms with Crippen molar-refractivity contribution < 1.29 is 18.8 Å². The van der Waals surface area contributed by atoms with Crippen LogP contribution in [0.2, 0.25) is 0 Å². The van der Waals surface area contributed by atoms with Gasteiger partial charge in [0.15, 0.2) is 0 Å². The second-order valence-electron chi connectivity index (χ2n) is 8.34. The number of nitrogens with zero attached hydrogens (tertiary/aromatic N) is 3. The van der Waals surface area contributed by atoms with Gasteiger partial charge in [0.05, 0.1) is 17.1 Å². The largest absolute Gasteiger partial charge is 0.344 e. The maximum Gasteiger partial charge on any atom is 0.344 e. The Labute approximate surface area is 204 Å². The van der Waals surface area contributed by atoms with Gasteiger partial charge in [-0.2, -0.15) is 10.1 Å². The third-order valence-corrected chi connectivity index (χ3v) is 7.33.